The number of nitriles is 1. The van der Waals surface area contributed by atoms with E-state index < -0.39 is 5.41 Å². The number of hydrogen-bond acceptors (Lipinski definition) is 3. The summed E-state index contributed by atoms with van der Waals surface area (Å²) >= 11 is 0. The quantitative estimate of drug-likeness (QED) is 0.791. The Morgan fingerprint density at radius 2 is 2.44 bits per heavy atom. The normalized spacial score (nSPS) is 23.7. The van der Waals surface area contributed by atoms with Crippen LogP contribution in [0.2, 0.25) is 0 Å². The Balaban J connectivity index is 2.02. The minimum absolute atomic E-state index is 0.0669. The van der Waals surface area contributed by atoms with E-state index in [9.17, 15) is 4.79 Å². The molecule has 1 fully saturated rings. The van der Waals surface area contributed by atoms with Crippen LogP contribution >= 0.6 is 0 Å². The first-order valence-electron chi connectivity index (χ1n) is 6.21. The van der Waals surface area contributed by atoms with Crippen molar-refractivity contribution in [3.8, 4) is 6.07 Å². The van der Waals surface area contributed by atoms with E-state index in [-0.39, 0.29) is 5.91 Å². The molecule has 18 heavy (non-hydrogen) atoms. The van der Waals surface area contributed by atoms with Crippen molar-refractivity contribution in [1.82, 2.24) is 14.5 Å². The van der Waals surface area contributed by atoms with Gasteiger partial charge in [-0.1, -0.05) is 0 Å². The molecule has 0 N–H and O–H groups in total. The Kier molecular flexibility index (Phi) is 3.37. The zero-order valence-electron chi connectivity index (χ0n) is 10.9. The van der Waals surface area contributed by atoms with Gasteiger partial charge in [0.2, 0.25) is 5.91 Å². The number of amides is 1. The Labute approximate surface area is 107 Å². The molecule has 1 atom stereocenters. The van der Waals surface area contributed by atoms with E-state index in [1.807, 2.05) is 18.4 Å². The molecule has 0 radical (unpaired) electrons. The first kappa shape index (κ1) is 12.6. The largest absolute Gasteiger partial charge is 0.340 e. The zero-order valence-corrected chi connectivity index (χ0v) is 10.9. The maximum atomic E-state index is 12.2. The zero-order chi connectivity index (χ0) is 13.2. The average molecular weight is 246 g/mol. The van der Waals surface area contributed by atoms with Gasteiger partial charge in [-0.15, -0.1) is 0 Å². The molecule has 5 heteroatoms. The van der Waals surface area contributed by atoms with Crippen molar-refractivity contribution in [2.75, 3.05) is 13.1 Å². The van der Waals surface area contributed by atoms with Crippen LogP contribution in [0.1, 0.15) is 25.6 Å². The third kappa shape index (κ3) is 2.53. The first-order valence-corrected chi connectivity index (χ1v) is 6.21. The lowest BCUT2D eigenvalue weighted by Gasteiger charge is -2.36. The molecule has 1 aliphatic rings. The number of carbonyl (C=O) groups excluding carboxylic acids is 1. The van der Waals surface area contributed by atoms with E-state index in [2.05, 4.69) is 11.1 Å². The van der Waals surface area contributed by atoms with E-state index in [1.54, 1.807) is 17.3 Å². The molecule has 2 heterocycles. The molecule has 1 amide bonds. The summed E-state index contributed by atoms with van der Waals surface area (Å²) in [6.45, 7) is 5.41. The van der Waals surface area contributed by atoms with Crippen LogP contribution in [-0.4, -0.2) is 33.4 Å². The smallest absolute Gasteiger partial charge is 0.242 e. The van der Waals surface area contributed by atoms with Crippen LogP contribution in [-0.2, 0) is 11.3 Å². The monoisotopic (exact) mass is 246 g/mol. The first-order chi connectivity index (χ1) is 8.54. The summed E-state index contributed by atoms with van der Waals surface area (Å²) in [5.41, 5.74) is -0.391. The molecule has 1 aromatic heterocycles. The molecule has 2 rings (SSSR count). The molecule has 0 unspecified atom stereocenters. The van der Waals surface area contributed by atoms with Crippen LogP contribution in [0, 0.1) is 23.7 Å². The van der Waals surface area contributed by atoms with Gasteiger partial charge in [0.05, 0.1) is 11.5 Å². The lowest BCUT2D eigenvalue weighted by molar-refractivity contribution is -0.134. The number of piperidine rings is 1. The van der Waals surface area contributed by atoms with Gasteiger partial charge in [-0.2, -0.15) is 5.26 Å². The molecule has 5 nitrogen and oxygen atoms in total. The fourth-order valence-electron chi connectivity index (χ4n) is 2.36. The van der Waals surface area contributed by atoms with Gasteiger partial charge < -0.3 is 9.47 Å². The van der Waals surface area contributed by atoms with Crippen molar-refractivity contribution in [2.45, 2.75) is 33.2 Å². The van der Waals surface area contributed by atoms with Crippen molar-refractivity contribution < 1.29 is 4.79 Å². The van der Waals surface area contributed by atoms with Gasteiger partial charge in [-0.25, -0.2) is 4.98 Å². The Bertz CT molecular complexity index is 487. The van der Waals surface area contributed by atoms with Gasteiger partial charge in [0.15, 0.2) is 0 Å². The molecular formula is C13H18N4O. The summed E-state index contributed by atoms with van der Waals surface area (Å²) in [5, 5.41) is 9.15. The maximum absolute atomic E-state index is 12.2. The fraction of sp³-hybridized carbons (Fsp3) is 0.615. The van der Waals surface area contributed by atoms with Crippen LogP contribution in [0.15, 0.2) is 12.4 Å². The molecule has 0 aliphatic carbocycles. The second kappa shape index (κ2) is 4.81. The second-order valence-corrected chi connectivity index (χ2v) is 5.19. The predicted molar refractivity (Wildman–Crippen MR) is 66.5 cm³/mol. The fourth-order valence-corrected chi connectivity index (χ4v) is 2.36. The number of hydrogen-bond donors (Lipinski definition) is 0. The molecule has 0 spiro atoms. The van der Waals surface area contributed by atoms with Crippen LogP contribution in [0.5, 0.6) is 0 Å². The highest BCUT2D eigenvalue weighted by Gasteiger charge is 2.33. The number of rotatable bonds is 2. The van der Waals surface area contributed by atoms with E-state index in [4.69, 9.17) is 5.26 Å². The number of carbonyl (C=O) groups is 1. The van der Waals surface area contributed by atoms with Crippen LogP contribution < -0.4 is 0 Å². The summed E-state index contributed by atoms with van der Waals surface area (Å²) in [5.74, 6) is 0.903. The minimum atomic E-state index is -0.391. The Hall–Kier alpha value is -1.83. The lowest BCUT2D eigenvalue weighted by atomic mass is 9.83. The summed E-state index contributed by atoms with van der Waals surface area (Å²) in [4.78, 5) is 18.1. The van der Waals surface area contributed by atoms with Gasteiger partial charge in [-0.05, 0) is 26.7 Å². The number of nitrogens with zero attached hydrogens (tertiary/aromatic N) is 4. The number of likely N-dealkylation sites (tertiary alicyclic amines) is 1. The third-order valence-electron chi connectivity index (χ3n) is 3.55. The molecule has 96 valence electrons. The van der Waals surface area contributed by atoms with Crippen molar-refractivity contribution in [2.24, 2.45) is 5.41 Å². The number of imidazole rings is 1. The van der Waals surface area contributed by atoms with Crippen molar-refractivity contribution >= 4 is 5.91 Å². The van der Waals surface area contributed by atoms with Gasteiger partial charge in [0.25, 0.3) is 0 Å². The van der Waals surface area contributed by atoms with E-state index in [1.165, 1.54) is 0 Å². The average Bonchev–Trinajstić information content (AvgIpc) is 2.75. The van der Waals surface area contributed by atoms with Crippen LogP contribution in [0.4, 0.5) is 0 Å². The summed E-state index contributed by atoms with van der Waals surface area (Å²) < 4.78 is 1.83. The maximum Gasteiger partial charge on any atom is 0.242 e. The Morgan fingerprint density at radius 1 is 1.67 bits per heavy atom. The van der Waals surface area contributed by atoms with Crippen LogP contribution in [0.25, 0.3) is 0 Å². The van der Waals surface area contributed by atoms with Crippen molar-refractivity contribution in [3.05, 3.63) is 18.2 Å². The van der Waals surface area contributed by atoms with Crippen LogP contribution in [0.3, 0.4) is 0 Å². The lowest BCUT2D eigenvalue weighted by Crippen LogP contribution is -2.45. The van der Waals surface area contributed by atoms with E-state index in [0.717, 1.165) is 25.2 Å². The second-order valence-electron chi connectivity index (χ2n) is 5.19. The highest BCUT2D eigenvalue weighted by atomic mass is 16.2. The SMILES string of the molecule is Cc1nccn1CC(=O)N1CCC[C@@](C)(C#N)C1. The van der Waals surface area contributed by atoms with E-state index in [0.29, 0.717) is 13.1 Å². The minimum Gasteiger partial charge on any atom is -0.340 e. The number of aryl methyl sites for hydroxylation is 1. The Morgan fingerprint density at radius 3 is 3.06 bits per heavy atom. The van der Waals surface area contributed by atoms with E-state index >= 15 is 0 Å². The van der Waals surface area contributed by atoms with Gasteiger partial charge in [0.1, 0.15) is 12.4 Å². The molecular weight excluding hydrogens is 228 g/mol. The summed E-state index contributed by atoms with van der Waals surface area (Å²) in [7, 11) is 0. The topological polar surface area (TPSA) is 61.9 Å². The van der Waals surface area contributed by atoms with Crippen molar-refractivity contribution in [1.29, 1.82) is 5.26 Å². The molecule has 0 aromatic carbocycles. The molecule has 1 aromatic rings. The predicted octanol–water partition coefficient (Wildman–Crippen LogP) is 1.34. The molecule has 0 saturated carbocycles. The molecule has 1 saturated heterocycles. The standard InChI is InChI=1S/C13H18N4O/c1-11-15-5-7-16(11)8-12(18)17-6-3-4-13(2,9-14)10-17/h5,7H,3-4,6,8,10H2,1-2H3/t13-/m0/s1. The van der Waals surface area contributed by atoms with Gasteiger partial charge >= 0.3 is 0 Å². The highest BCUT2D eigenvalue weighted by molar-refractivity contribution is 5.76. The summed E-state index contributed by atoms with van der Waals surface area (Å²) in [6, 6.07) is 2.32. The highest BCUT2D eigenvalue weighted by Crippen LogP contribution is 2.28. The van der Waals surface area contributed by atoms with Gasteiger partial charge in [0, 0.05) is 25.5 Å². The van der Waals surface area contributed by atoms with Gasteiger partial charge in [-0.3, -0.25) is 4.79 Å². The molecule has 1 aliphatic heterocycles. The third-order valence-corrected chi connectivity index (χ3v) is 3.55. The molecule has 0 bridgehead atoms. The number of aromatic nitrogens is 2. The van der Waals surface area contributed by atoms with Crippen molar-refractivity contribution in [3.63, 3.8) is 0 Å². The summed E-state index contributed by atoms with van der Waals surface area (Å²) in [6.07, 6.45) is 5.27.